The molecule has 4 aliphatic rings. The lowest BCUT2D eigenvalue weighted by atomic mass is 9.44. The zero-order valence-electron chi connectivity index (χ0n) is 16.8. The lowest BCUT2D eigenvalue weighted by Gasteiger charge is -2.61. The smallest absolute Gasteiger partial charge is 0.0661 e. The third-order valence-corrected chi connectivity index (χ3v) is 9.19. The van der Waals surface area contributed by atoms with Crippen LogP contribution >= 0.6 is 0 Å². The van der Waals surface area contributed by atoms with Gasteiger partial charge in [0, 0.05) is 0 Å². The SMILES string of the molecule is CC(C)OC1CCC2CCC3C4CCC(C#N)C4(C)CCC3C2(C)C1. The molecule has 0 aromatic heterocycles. The van der Waals surface area contributed by atoms with Gasteiger partial charge in [-0.15, -0.1) is 0 Å². The van der Waals surface area contributed by atoms with Crippen LogP contribution in [0.1, 0.15) is 85.5 Å². The highest BCUT2D eigenvalue weighted by Gasteiger charge is 2.60. The van der Waals surface area contributed by atoms with Gasteiger partial charge in [-0.05, 0) is 106 Å². The van der Waals surface area contributed by atoms with Crippen LogP contribution in [0.15, 0.2) is 0 Å². The van der Waals surface area contributed by atoms with Gasteiger partial charge < -0.3 is 4.74 Å². The van der Waals surface area contributed by atoms with E-state index in [1.165, 1.54) is 51.4 Å². The summed E-state index contributed by atoms with van der Waals surface area (Å²) < 4.78 is 6.28. The minimum Gasteiger partial charge on any atom is -0.376 e. The van der Waals surface area contributed by atoms with Gasteiger partial charge in [0.05, 0.1) is 24.2 Å². The average molecular weight is 344 g/mol. The van der Waals surface area contributed by atoms with Gasteiger partial charge in [-0.25, -0.2) is 0 Å². The fourth-order valence-electron chi connectivity index (χ4n) is 8.02. The first-order chi connectivity index (χ1) is 11.9. The maximum atomic E-state index is 9.66. The quantitative estimate of drug-likeness (QED) is 0.619. The Bertz CT molecular complexity index is 551. The summed E-state index contributed by atoms with van der Waals surface area (Å²) in [5.74, 6) is 3.78. The van der Waals surface area contributed by atoms with Gasteiger partial charge in [-0.2, -0.15) is 5.26 Å². The zero-order valence-corrected chi connectivity index (χ0v) is 16.8. The summed E-state index contributed by atoms with van der Waals surface area (Å²) in [6, 6.07) is 2.67. The molecule has 4 rings (SSSR count). The summed E-state index contributed by atoms with van der Waals surface area (Å²) in [5, 5.41) is 9.66. The van der Waals surface area contributed by atoms with E-state index in [-0.39, 0.29) is 0 Å². The monoisotopic (exact) mass is 343 g/mol. The van der Waals surface area contributed by atoms with E-state index in [1.54, 1.807) is 0 Å². The summed E-state index contributed by atoms with van der Waals surface area (Å²) in [5.41, 5.74) is 0.786. The van der Waals surface area contributed by atoms with E-state index in [0.717, 1.165) is 30.1 Å². The lowest BCUT2D eigenvalue weighted by Crippen LogP contribution is -2.54. The van der Waals surface area contributed by atoms with E-state index >= 15 is 0 Å². The van der Waals surface area contributed by atoms with Crippen molar-refractivity contribution in [2.45, 2.75) is 97.7 Å². The Hall–Kier alpha value is -0.550. The molecule has 0 saturated heterocycles. The van der Waals surface area contributed by atoms with Crippen LogP contribution < -0.4 is 0 Å². The fraction of sp³-hybridized carbons (Fsp3) is 0.957. The molecule has 0 aromatic carbocycles. The van der Waals surface area contributed by atoms with Crippen LogP contribution in [0.25, 0.3) is 0 Å². The molecule has 8 atom stereocenters. The molecule has 0 bridgehead atoms. The van der Waals surface area contributed by atoms with Crippen molar-refractivity contribution in [1.82, 2.24) is 0 Å². The van der Waals surface area contributed by atoms with Crippen molar-refractivity contribution >= 4 is 0 Å². The standard InChI is InChI=1S/C23H37NO/c1-15(2)25-18-8-5-16-6-9-19-20-10-7-17(14-24)22(20,3)12-11-21(19)23(16,4)13-18/h15-21H,5-13H2,1-4H3. The molecule has 4 saturated carbocycles. The minimum atomic E-state index is 0.307. The third-order valence-electron chi connectivity index (χ3n) is 9.19. The van der Waals surface area contributed by atoms with Crippen molar-refractivity contribution in [1.29, 1.82) is 5.26 Å². The summed E-state index contributed by atoms with van der Waals surface area (Å²) in [6.07, 6.45) is 12.7. The van der Waals surface area contributed by atoms with E-state index < -0.39 is 0 Å². The van der Waals surface area contributed by atoms with Gasteiger partial charge >= 0.3 is 0 Å². The molecular formula is C23H37NO. The number of nitrogens with zero attached hydrogens (tertiary/aromatic N) is 1. The number of hydrogen-bond acceptors (Lipinski definition) is 2. The van der Waals surface area contributed by atoms with Gasteiger partial charge in [0.15, 0.2) is 0 Å². The molecule has 4 aliphatic carbocycles. The molecule has 2 nitrogen and oxygen atoms in total. The van der Waals surface area contributed by atoms with Gasteiger partial charge in [0.25, 0.3) is 0 Å². The van der Waals surface area contributed by atoms with Crippen molar-refractivity contribution in [2.75, 3.05) is 0 Å². The second-order valence-electron chi connectivity index (χ2n) is 10.5. The van der Waals surface area contributed by atoms with E-state index in [4.69, 9.17) is 4.74 Å². The van der Waals surface area contributed by atoms with Crippen LogP contribution in [0, 0.1) is 51.8 Å². The highest BCUT2D eigenvalue weighted by molar-refractivity contribution is 5.12. The Kier molecular flexibility index (Phi) is 4.47. The maximum absolute atomic E-state index is 9.66. The van der Waals surface area contributed by atoms with Gasteiger partial charge in [-0.1, -0.05) is 13.8 Å². The number of rotatable bonds is 2. The van der Waals surface area contributed by atoms with E-state index in [2.05, 4.69) is 33.8 Å². The number of ether oxygens (including phenoxy) is 1. The predicted octanol–water partition coefficient (Wildman–Crippen LogP) is 5.96. The lowest BCUT2D eigenvalue weighted by molar-refractivity contribution is -0.144. The van der Waals surface area contributed by atoms with Crippen LogP contribution in [0.2, 0.25) is 0 Å². The molecule has 0 aromatic rings. The second-order valence-corrected chi connectivity index (χ2v) is 10.5. The third kappa shape index (κ3) is 2.68. The molecule has 0 aliphatic heterocycles. The Morgan fingerprint density at radius 1 is 0.920 bits per heavy atom. The Morgan fingerprint density at radius 3 is 2.36 bits per heavy atom. The topological polar surface area (TPSA) is 33.0 Å². The van der Waals surface area contributed by atoms with Crippen LogP contribution in [-0.2, 0) is 4.74 Å². The molecular weight excluding hydrogens is 306 g/mol. The van der Waals surface area contributed by atoms with Gasteiger partial charge in [-0.3, -0.25) is 0 Å². The zero-order chi connectivity index (χ0) is 17.8. The van der Waals surface area contributed by atoms with Crippen molar-refractivity contribution in [2.24, 2.45) is 40.4 Å². The molecule has 2 heteroatoms. The second kappa shape index (κ2) is 6.26. The highest BCUT2D eigenvalue weighted by Crippen LogP contribution is 2.67. The van der Waals surface area contributed by atoms with Crippen molar-refractivity contribution in [3.05, 3.63) is 0 Å². The molecule has 0 N–H and O–H groups in total. The maximum Gasteiger partial charge on any atom is 0.0661 e. The Morgan fingerprint density at radius 2 is 1.64 bits per heavy atom. The Labute approximate surface area is 154 Å². The number of hydrogen-bond donors (Lipinski definition) is 0. The van der Waals surface area contributed by atoms with Crippen LogP contribution in [0.5, 0.6) is 0 Å². The highest BCUT2D eigenvalue weighted by atomic mass is 16.5. The first kappa shape index (κ1) is 17.8. The first-order valence-corrected chi connectivity index (χ1v) is 10.9. The fourth-order valence-corrected chi connectivity index (χ4v) is 8.02. The van der Waals surface area contributed by atoms with Crippen LogP contribution in [0.3, 0.4) is 0 Å². The molecule has 0 amide bonds. The predicted molar refractivity (Wildman–Crippen MR) is 101 cm³/mol. The van der Waals surface area contributed by atoms with Crippen molar-refractivity contribution in [3.63, 3.8) is 0 Å². The summed E-state index contributed by atoms with van der Waals surface area (Å²) in [6.45, 7) is 9.44. The summed E-state index contributed by atoms with van der Waals surface area (Å²) in [7, 11) is 0. The van der Waals surface area contributed by atoms with Crippen molar-refractivity contribution < 1.29 is 4.74 Å². The molecule has 140 valence electrons. The van der Waals surface area contributed by atoms with E-state index in [1.807, 2.05) is 0 Å². The van der Waals surface area contributed by atoms with Gasteiger partial charge in [0.2, 0.25) is 0 Å². The molecule has 25 heavy (non-hydrogen) atoms. The number of fused-ring (bicyclic) bond motifs is 5. The molecule has 0 radical (unpaired) electrons. The minimum absolute atomic E-state index is 0.307. The molecule has 4 fully saturated rings. The summed E-state index contributed by atoms with van der Waals surface area (Å²) in [4.78, 5) is 0. The number of nitriles is 1. The van der Waals surface area contributed by atoms with Gasteiger partial charge in [0.1, 0.15) is 0 Å². The average Bonchev–Trinajstić information content (AvgIpc) is 2.90. The largest absolute Gasteiger partial charge is 0.376 e. The normalized spacial score (nSPS) is 52.2. The summed E-state index contributed by atoms with van der Waals surface area (Å²) >= 11 is 0. The molecule has 0 heterocycles. The molecule has 0 spiro atoms. The van der Waals surface area contributed by atoms with Crippen molar-refractivity contribution in [3.8, 4) is 6.07 Å². The molecule has 8 unspecified atom stereocenters. The Balaban J connectivity index is 1.57. The van der Waals surface area contributed by atoms with E-state index in [0.29, 0.717) is 29.0 Å². The van der Waals surface area contributed by atoms with E-state index in [9.17, 15) is 5.26 Å². The first-order valence-electron chi connectivity index (χ1n) is 10.9. The van der Waals surface area contributed by atoms with Crippen LogP contribution in [0.4, 0.5) is 0 Å². The van der Waals surface area contributed by atoms with Crippen LogP contribution in [-0.4, -0.2) is 12.2 Å².